The van der Waals surface area contributed by atoms with Crippen LogP contribution < -0.4 is 5.32 Å². The largest absolute Gasteiger partial charge is 0.481 e. The van der Waals surface area contributed by atoms with Crippen LogP contribution in [-0.2, 0) is 4.79 Å². The van der Waals surface area contributed by atoms with Gasteiger partial charge < -0.3 is 10.4 Å². The maximum absolute atomic E-state index is 11.3. The molecule has 1 unspecified atom stereocenters. The summed E-state index contributed by atoms with van der Waals surface area (Å²) in [4.78, 5) is 11.3. The first-order valence-electron chi connectivity index (χ1n) is 5.55. The van der Waals surface area contributed by atoms with Gasteiger partial charge in [0.15, 0.2) is 0 Å². The molecular weight excluding hydrogens is 178 g/mol. The fourth-order valence-electron chi connectivity index (χ4n) is 2.46. The van der Waals surface area contributed by atoms with Crippen LogP contribution in [0.5, 0.6) is 0 Å². The van der Waals surface area contributed by atoms with Crippen molar-refractivity contribution in [1.82, 2.24) is 5.32 Å². The van der Waals surface area contributed by atoms with Crippen molar-refractivity contribution in [2.45, 2.75) is 39.5 Å². The molecule has 1 rings (SSSR count). The summed E-state index contributed by atoms with van der Waals surface area (Å²) in [6.45, 7) is 5.91. The molecule has 0 radical (unpaired) electrons. The minimum absolute atomic E-state index is 0.348. The Morgan fingerprint density at radius 3 is 2.50 bits per heavy atom. The van der Waals surface area contributed by atoms with Crippen LogP contribution in [0.1, 0.15) is 39.5 Å². The SMILES string of the molecule is CCCC(C)(C(=O)O)C1CCNCC1. The molecule has 0 amide bonds. The third-order valence-corrected chi connectivity index (χ3v) is 3.50. The van der Waals surface area contributed by atoms with E-state index in [1.54, 1.807) is 0 Å². The number of aliphatic carboxylic acids is 1. The molecule has 0 saturated carbocycles. The Labute approximate surface area is 85.9 Å². The van der Waals surface area contributed by atoms with Crippen molar-refractivity contribution in [2.75, 3.05) is 13.1 Å². The van der Waals surface area contributed by atoms with E-state index < -0.39 is 11.4 Å². The van der Waals surface area contributed by atoms with E-state index in [4.69, 9.17) is 0 Å². The zero-order chi connectivity index (χ0) is 10.6. The molecule has 3 nitrogen and oxygen atoms in total. The number of carboxylic acids is 1. The summed E-state index contributed by atoms with van der Waals surface area (Å²) in [5, 5.41) is 12.6. The lowest BCUT2D eigenvalue weighted by Gasteiger charge is -2.36. The van der Waals surface area contributed by atoms with Crippen molar-refractivity contribution < 1.29 is 9.90 Å². The van der Waals surface area contributed by atoms with Gasteiger partial charge in [-0.2, -0.15) is 0 Å². The van der Waals surface area contributed by atoms with Gasteiger partial charge in [-0.25, -0.2) is 0 Å². The minimum atomic E-state index is -0.619. The minimum Gasteiger partial charge on any atom is -0.481 e. The Bertz CT molecular complexity index is 199. The van der Waals surface area contributed by atoms with E-state index in [9.17, 15) is 9.90 Å². The molecule has 1 heterocycles. The monoisotopic (exact) mass is 199 g/mol. The standard InChI is InChI=1S/C11H21NO2/c1-3-6-11(2,10(13)14)9-4-7-12-8-5-9/h9,12H,3-8H2,1-2H3,(H,13,14). The molecular formula is C11H21NO2. The van der Waals surface area contributed by atoms with Crippen molar-refractivity contribution in [1.29, 1.82) is 0 Å². The van der Waals surface area contributed by atoms with E-state index in [1.807, 2.05) is 6.92 Å². The number of hydrogen-bond donors (Lipinski definition) is 2. The molecule has 0 bridgehead atoms. The van der Waals surface area contributed by atoms with Gasteiger partial charge in [-0.1, -0.05) is 13.3 Å². The second-order valence-corrected chi connectivity index (χ2v) is 4.50. The second kappa shape index (κ2) is 4.78. The van der Waals surface area contributed by atoms with Gasteiger partial charge in [0, 0.05) is 0 Å². The fourth-order valence-corrected chi connectivity index (χ4v) is 2.46. The maximum atomic E-state index is 11.3. The number of piperidine rings is 1. The van der Waals surface area contributed by atoms with Crippen molar-refractivity contribution in [3.63, 3.8) is 0 Å². The summed E-state index contributed by atoms with van der Waals surface area (Å²) in [5.74, 6) is -0.271. The first kappa shape index (κ1) is 11.5. The van der Waals surface area contributed by atoms with Crippen LogP contribution in [0.3, 0.4) is 0 Å². The predicted octanol–water partition coefficient (Wildman–Crippen LogP) is 1.88. The number of nitrogens with one attached hydrogen (secondary N) is 1. The van der Waals surface area contributed by atoms with Gasteiger partial charge in [0.1, 0.15) is 0 Å². The molecule has 1 saturated heterocycles. The highest BCUT2D eigenvalue weighted by molar-refractivity contribution is 5.74. The molecule has 0 aliphatic carbocycles. The van der Waals surface area contributed by atoms with Crippen LogP contribution in [0.25, 0.3) is 0 Å². The molecule has 1 aliphatic heterocycles. The van der Waals surface area contributed by atoms with E-state index in [0.29, 0.717) is 5.92 Å². The topological polar surface area (TPSA) is 49.3 Å². The Hall–Kier alpha value is -0.570. The second-order valence-electron chi connectivity index (χ2n) is 4.50. The average molecular weight is 199 g/mol. The van der Waals surface area contributed by atoms with Gasteiger partial charge in [-0.15, -0.1) is 0 Å². The summed E-state index contributed by atoms with van der Waals surface area (Å²) < 4.78 is 0. The molecule has 0 spiro atoms. The first-order valence-corrected chi connectivity index (χ1v) is 5.55. The summed E-state index contributed by atoms with van der Waals surface area (Å²) in [6, 6.07) is 0. The van der Waals surface area contributed by atoms with Gasteiger partial charge in [-0.3, -0.25) is 4.79 Å². The molecule has 3 heteroatoms. The van der Waals surface area contributed by atoms with Crippen LogP contribution in [0.4, 0.5) is 0 Å². The Kier molecular flexibility index (Phi) is 3.93. The highest BCUT2D eigenvalue weighted by Gasteiger charge is 2.40. The van der Waals surface area contributed by atoms with E-state index in [2.05, 4.69) is 12.2 Å². The molecule has 1 aliphatic rings. The predicted molar refractivity (Wildman–Crippen MR) is 56.2 cm³/mol. The van der Waals surface area contributed by atoms with Crippen LogP contribution in [0.2, 0.25) is 0 Å². The number of carboxylic acid groups (broad SMARTS) is 1. The van der Waals surface area contributed by atoms with E-state index in [1.165, 1.54) is 0 Å². The molecule has 82 valence electrons. The average Bonchev–Trinajstić information content (AvgIpc) is 2.19. The van der Waals surface area contributed by atoms with Gasteiger partial charge in [0.05, 0.1) is 5.41 Å². The molecule has 1 atom stereocenters. The normalized spacial score (nSPS) is 23.0. The first-order chi connectivity index (χ1) is 6.61. The maximum Gasteiger partial charge on any atom is 0.309 e. The summed E-state index contributed by atoms with van der Waals surface area (Å²) in [5.41, 5.74) is -0.503. The lowest BCUT2D eigenvalue weighted by molar-refractivity contribution is -0.152. The van der Waals surface area contributed by atoms with Crippen molar-refractivity contribution in [2.24, 2.45) is 11.3 Å². The smallest absolute Gasteiger partial charge is 0.309 e. The van der Waals surface area contributed by atoms with Crippen LogP contribution in [0, 0.1) is 11.3 Å². The van der Waals surface area contributed by atoms with Crippen LogP contribution in [0.15, 0.2) is 0 Å². The zero-order valence-electron chi connectivity index (χ0n) is 9.18. The lowest BCUT2D eigenvalue weighted by Crippen LogP contribution is -2.41. The van der Waals surface area contributed by atoms with Crippen LogP contribution >= 0.6 is 0 Å². The lowest BCUT2D eigenvalue weighted by atomic mass is 9.70. The quantitative estimate of drug-likeness (QED) is 0.726. The van der Waals surface area contributed by atoms with Crippen LogP contribution in [-0.4, -0.2) is 24.2 Å². The van der Waals surface area contributed by atoms with Crippen molar-refractivity contribution >= 4 is 5.97 Å². The third kappa shape index (κ3) is 2.27. The summed E-state index contributed by atoms with van der Waals surface area (Å²) in [6.07, 6.45) is 3.76. The number of hydrogen-bond acceptors (Lipinski definition) is 2. The zero-order valence-corrected chi connectivity index (χ0v) is 9.18. The number of carbonyl (C=O) groups is 1. The van der Waals surface area contributed by atoms with Crippen molar-refractivity contribution in [3.05, 3.63) is 0 Å². The van der Waals surface area contributed by atoms with E-state index in [-0.39, 0.29) is 0 Å². The van der Waals surface area contributed by atoms with Gasteiger partial charge >= 0.3 is 5.97 Å². The summed E-state index contributed by atoms with van der Waals surface area (Å²) in [7, 11) is 0. The fraction of sp³-hybridized carbons (Fsp3) is 0.909. The van der Waals surface area contributed by atoms with Crippen molar-refractivity contribution in [3.8, 4) is 0 Å². The summed E-state index contributed by atoms with van der Waals surface area (Å²) >= 11 is 0. The van der Waals surface area contributed by atoms with Gasteiger partial charge in [0.2, 0.25) is 0 Å². The van der Waals surface area contributed by atoms with Gasteiger partial charge in [0.25, 0.3) is 0 Å². The Morgan fingerprint density at radius 2 is 2.07 bits per heavy atom. The molecule has 0 aromatic carbocycles. The highest BCUT2D eigenvalue weighted by Crippen LogP contribution is 2.38. The Balaban J connectivity index is 2.69. The van der Waals surface area contributed by atoms with E-state index >= 15 is 0 Å². The Morgan fingerprint density at radius 1 is 1.50 bits per heavy atom. The highest BCUT2D eigenvalue weighted by atomic mass is 16.4. The molecule has 14 heavy (non-hydrogen) atoms. The van der Waals surface area contributed by atoms with Gasteiger partial charge in [-0.05, 0) is 45.2 Å². The molecule has 0 aromatic heterocycles. The number of rotatable bonds is 4. The third-order valence-electron chi connectivity index (χ3n) is 3.50. The molecule has 0 aromatic rings. The van der Waals surface area contributed by atoms with E-state index in [0.717, 1.165) is 38.8 Å². The molecule has 1 fully saturated rings. The molecule has 2 N–H and O–H groups in total.